The summed E-state index contributed by atoms with van der Waals surface area (Å²) in [5.74, 6) is -0.986. The van der Waals surface area contributed by atoms with Crippen LogP contribution in [0.1, 0.15) is 49.7 Å². The largest absolute Gasteiger partial charge is 0.465 e. The second-order valence-corrected chi connectivity index (χ2v) is 8.11. The maximum absolute atomic E-state index is 12.6. The number of carbonyl (C=O) groups is 3. The molecule has 0 saturated heterocycles. The lowest BCUT2D eigenvalue weighted by molar-refractivity contribution is -0.115. The monoisotopic (exact) mass is 438 g/mol. The number of carbonyl (C=O) groups excluding carboxylic acids is 3. The van der Waals surface area contributed by atoms with Crippen LogP contribution < -0.4 is 10.6 Å². The van der Waals surface area contributed by atoms with Gasteiger partial charge in [0.1, 0.15) is 0 Å². The first-order chi connectivity index (χ1) is 15.0. The van der Waals surface area contributed by atoms with E-state index in [9.17, 15) is 14.4 Å². The third kappa shape index (κ3) is 4.83. The zero-order valence-electron chi connectivity index (χ0n) is 17.0. The Bertz CT molecular complexity index is 1120. The third-order valence-electron chi connectivity index (χ3n) is 5.12. The molecule has 160 valence electrons. The first-order valence-electron chi connectivity index (χ1n) is 9.91. The summed E-state index contributed by atoms with van der Waals surface area (Å²) in [4.78, 5) is 37.0. The number of hydrogen-bond acceptors (Lipinski definition) is 6. The molecule has 8 nitrogen and oxygen atoms in total. The van der Waals surface area contributed by atoms with Crippen molar-refractivity contribution in [3.8, 4) is 0 Å². The van der Waals surface area contributed by atoms with Crippen LogP contribution in [-0.2, 0) is 35.3 Å². The lowest BCUT2D eigenvalue weighted by Gasteiger charge is -2.11. The number of esters is 1. The summed E-state index contributed by atoms with van der Waals surface area (Å²) >= 11 is 1.53. The number of fused-ring (bicyclic) bond motifs is 1. The minimum atomic E-state index is -0.522. The van der Waals surface area contributed by atoms with Crippen molar-refractivity contribution in [3.63, 3.8) is 0 Å². The van der Waals surface area contributed by atoms with Crippen LogP contribution in [0, 0.1) is 0 Å². The molecule has 2 aromatic heterocycles. The highest BCUT2D eigenvalue weighted by Gasteiger charge is 2.23. The lowest BCUT2D eigenvalue weighted by atomic mass is 10.1. The molecule has 0 fully saturated rings. The van der Waals surface area contributed by atoms with Crippen molar-refractivity contribution in [1.82, 2.24) is 15.5 Å². The predicted octanol–water partition coefficient (Wildman–Crippen LogP) is 2.86. The molecule has 4 rings (SSSR count). The van der Waals surface area contributed by atoms with E-state index in [2.05, 4.69) is 20.8 Å². The second-order valence-electron chi connectivity index (χ2n) is 7.33. The number of thiophene rings is 1. The SMILES string of the molecule is COC(=O)c1cc(CNC(=O)c2n[nH]c3c2CCC3)cc(NC(=O)Cc2ccsc2)c1. The van der Waals surface area contributed by atoms with E-state index >= 15 is 0 Å². The van der Waals surface area contributed by atoms with E-state index in [1.807, 2.05) is 16.8 Å². The molecule has 1 aromatic carbocycles. The van der Waals surface area contributed by atoms with Crippen LogP contribution in [0.25, 0.3) is 0 Å². The van der Waals surface area contributed by atoms with E-state index < -0.39 is 5.97 Å². The van der Waals surface area contributed by atoms with Crippen molar-refractivity contribution in [3.05, 3.63) is 68.7 Å². The minimum absolute atomic E-state index is 0.179. The number of aryl methyl sites for hydroxylation is 1. The number of H-pyrrole nitrogens is 1. The minimum Gasteiger partial charge on any atom is -0.465 e. The topological polar surface area (TPSA) is 113 Å². The number of nitrogens with zero attached hydrogens (tertiary/aromatic N) is 1. The van der Waals surface area contributed by atoms with Gasteiger partial charge < -0.3 is 15.4 Å². The highest BCUT2D eigenvalue weighted by atomic mass is 32.1. The molecule has 0 radical (unpaired) electrons. The summed E-state index contributed by atoms with van der Waals surface area (Å²) in [6.07, 6.45) is 3.00. The highest BCUT2D eigenvalue weighted by Crippen LogP contribution is 2.23. The van der Waals surface area contributed by atoms with E-state index in [1.54, 1.807) is 18.2 Å². The Morgan fingerprint density at radius 2 is 2.06 bits per heavy atom. The number of nitrogens with one attached hydrogen (secondary N) is 3. The van der Waals surface area contributed by atoms with Gasteiger partial charge in [-0.2, -0.15) is 16.4 Å². The van der Waals surface area contributed by atoms with Crippen LogP contribution in [0.15, 0.2) is 35.0 Å². The molecule has 0 aliphatic heterocycles. The molecule has 0 saturated carbocycles. The fourth-order valence-corrected chi connectivity index (χ4v) is 4.33. The maximum Gasteiger partial charge on any atom is 0.337 e. The molecule has 31 heavy (non-hydrogen) atoms. The smallest absolute Gasteiger partial charge is 0.337 e. The van der Waals surface area contributed by atoms with Crippen molar-refractivity contribution < 1.29 is 19.1 Å². The van der Waals surface area contributed by atoms with Crippen LogP contribution in [0.2, 0.25) is 0 Å². The van der Waals surface area contributed by atoms with E-state index in [1.165, 1.54) is 18.4 Å². The number of benzene rings is 1. The Labute approximate surface area is 183 Å². The second kappa shape index (κ2) is 9.13. The van der Waals surface area contributed by atoms with Crippen molar-refractivity contribution in [2.24, 2.45) is 0 Å². The summed E-state index contributed by atoms with van der Waals surface area (Å²) in [7, 11) is 1.30. The predicted molar refractivity (Wildman–Crippen MR) is 116 cm³/mol. The number of methoxy groups -OCH3 is 1. The van der Waals surface area contributed by atoms with Gasteiger partial charge in [-0.15, -0.1) is 0 Å². The molecular weight excluding hydrogens is 416 g/mol. The first kappa shape index (κ1) is 20.8. The van der Waals surface area contributed by atoms with Gasteiger partial charge >= 0.3 is 5.97 Å². The van der Waals surface area contributed by atoms with Crippen LogP contribution in [-0.4, -0.2) is 35.1 Å². The molecular formula is C22H22N4O4S. The molecule has 1 aliphatic carbocycles. The Kier molecular flexibility index (Phi) is 6.13. The first-order valence-corrected chi connectivity index (χ1v) is 10.9. The van der Waals surface area contributed by atoms with Crippen molar-refractivity contribution in [1.29, 1.82) is 0 Å². The molecule has 2 amide bonds. The normalized spacial score (nSPS) is 12.3. The van der Waals surface area contributed by atoms with Gasteiger partial charge in [-0.05, 0) is 65.4 Å². The van der Waals surface area contributed by atoms with Crippen molar-refractivity contribution in [2.45, 2.75) is 32.2 Å². The Balaban J connectivity index is 1.48. The summed E-state index contributed by atoms with van der Waals surface area (Å²) in [5, 5.41) is 16.6. The molecule has 0 unspecified atom stereocenters. The summed E-state index contributed by atoms with van der Waals surface area (Å²) in [5.41, 5.74) is 4.75. The molecule has 3 N–H and O–H groups in total. The van der Waals surface area contributed by atoms with Gasteiger partial charge in [-0.3, -0.25) is 14.7 Å². The van der Waals surface area contributed by atoms with Gasteiger partial charge in [0.25, 0.3) is 5.91 Å². The van der Waals surface area contributed by atoms with Gasteiger partial charge in [-0.25, -0.2) is 4.79 Å². The molecule has 0 bridgehead atoms. The van der Waals surface area contributed by atoms with Gasteiger partial charge in [0.05, 0.1) is 19.1 Å². The molecule has 0 atom stereocenters. The van der Waals surface area contributed by atoms with Gasteiger partial charge in [0.15, 0.2) is 5.69 Å². The van der Waals surface area contributed by atoms with Crippen LogP contribution in [0.5, 0.6) is 0 Å². The van der Waals surface area contributed by atoms with E-state index in [-0.39, 0.29) is 24.8 Å². The standard InChI is InChI=1S/C22H22N4O4S/c1-30-22(29)15-7-14(8-16(10-15)24-19(27)9-13-5-6-31-12-13)11-23-21(28)20-17-3-2-4-18(17)25-26-20/h5-8,10,12H,2-4,9,11H2,1H3,(H,23,28)(H,24,27)(H,25,26). The number of aromatic nitrogens is 2. The molecule has 0 spiro atoms. The highest BCUT2D eigenvalue weighted by molar-refractivity contribution is 7.08. The zero-order valence-corrected chi connectivity index (χ0v) is 17.8. The molecule has 1 aliphatic rings. The Morgan fingerprint density at radius 1 is 1.19 bits per heavy atom. The van der Waals surface area contributed by atoms with Gasteiger partial charge in [0.2, 0.25) is 5.91 Å². The van der Waals surface area contributed by atoms with E-state index in [0.717, 1.165) is 36.1 Å². The summed E-state index contributed by atoms with van der Waals surface area (Å²) in [6.45, 7) is 0.179. The lowest BCUT2D eigenvalue weighted by Crippen LogP contribution is -2.24. The summed E-state index contributed by atoms with van der Waals surface area (Å²) < 4.78 is 4.82. The number of amides is 2. The fraction of sp³-hybridized carbons (Fsp3) is 0.273. The molecule has 3 aromatic rings. The number of hydrogen-bond donors (Lipinski definition) is 3. The van der Waals surface area contributed by atoms with Crippen molar-refractivity contribution in [2.75, 3.05) is 12.4 Å². The Hall–Kier alpha value is -3.46. The number of anilines is 1. The van der Waals surface area contributed by atoms with E-state index in [0.29, 0.717) is 22.5 Å². The average molecular weight is 439 g/mol. The zero-order chi connectivity index (χ0) is 21.8. The quantitative estimate of drug-likeness (QED) is 0.491. The van der Waals surface area contributed by atoms with Crippen LogP contribution in [0.4, 0.5) is 5.69 Å². The number of rotatable bonds is 7. The van der Waals surface area contributed by atoms with Crippen LogP contribution in [0.3, 0.4) is 0 Å². The maximum atomic E-state index is 12.6. The number of ether oxygens (including phenoxy) is 1. The van der Waals surface area contributed by atoms with Crippen LogP contribution >= 0.6 is 11.3 Å². The number of aromatic amines is 1. The van der Waals surface area contributed by atoms with Gasteiger partial charge in [-0.1, -0.05) is 0 Å². The molecule has 2 heterocycles. The van der Waals surface area contributed by atoms with Gasteiger partial charge in [0, 0.05) is 23.5 Å². The summed E-state index contributed by atoms with van der Waals surface area (Å²) in [6, 6.07) is 6.81. The van der Waals surface area contributed by atoms with E-state index in [4.69, 9.17) is 4.74 Å². The third-order valence-corrected chi connectivity index (χ3v) is 5.85. The molecule has 9 heteroatoms. The average Bonchev–Trinajstić information content (AvgIpc) is 3.49. The Morgan fingerprint density at radius 3 is 2.84 bits per heavy atom. The van der Waals surface area contributed by atoms with Crippen molar-refractivity contribution >= 4 is 34.8 Å². The fourth-order valence-electron chi connectivity index (χ4n) is 3.66.